The molecule has 1 aromatic carbocycles. The summed E-state index contributed by atoms with van der Waals surface area (Å²) in [5, 5.41) is 6.28. The maximum atomic E-state index is 12.5. The van der Waals surface area contributed by atoms with Crippen LogP contribution in [0.3, 0.4) is 0 Å². The molecule has 0 radical (unpaired) electrons. The summed E-state index contributed by atoms with van der Waals surface area (Å²) >= 11 is 0. The van der Waals surface area contributed by atoms with Gasteiger partial charge in [-0.05, 0) is 31.4 Å². The lowest BCUT2D eigenvalue weighted by Crippen LogP contribution is -2.37. The van der Waals surface area contributed by atoms with E-state index < -0.39 is 0 Å². The van der Waals surface area contributed by atoms with Crippen molar-refractivity contribution in [1.29, 1.82) is 0 Å². The van der Waals surface area contributed by atoms with Crippen LogP contribution < -0.4 is 10.6 Å². The molecule has 5 heteroatoms. The van der Waals surface area contributed by atoms with Crippen molar-refractivity contribution in [2.75, 3.05) is 13.1 Å². The number of pyridine rings is 1. The number of para-hydroxylation sites is 1. The van der Waals surface area contributed by atoms with Crippen LogP contribution in [-0.2, 0) is 4.79 Å². The first-order valence-electron chi connectivity index (χ1n) is 8.13. The van der Waals surface area contributed by atoms with Crippen LogP contribution in [0.15, 0.2) is 30.3 Å². The van der Waals surface area contributed by atoms with Gasteiger partial charge < -0.3 is 10.6 Å². The molecular weight excluding hydrogens is 290 g/mol. The number of benzene rings is 1. The number of hydrogen-bond acceptors (Lipinski definition) is 3. The van der Waals surface area contributed by atoms with E-state index in [2.05, 4.69) is 15.6 Å². The molecule has 0 spiro atoms. The predicted octanol–water partition coefficient (Wildman–Crippen LogP) is 2.37. The number of amides is 2. The van der Waals surface area contributed by atoms with E-state index in [1.807, 2.05) is 37.3 Å². The molecule has 0 unspecified atom stereocenters. The van der Waals surface area contributed by atoms with Gasteiger partial charge in [-0.1, -0.05) is 25.1 Å². The molecule has 0 saturated heterocycles. The molecule has 0 atom stereocenters. The zero-order valence-corrected chi connectivity index (χ0v) is 13.3. The third-order valence-electron chi connectivity index (χ3n) is 3.96. The van der Waals surface area contributed by atoms with Crippen LogP contribution in [0.5, 0.6) is 0 Å². The van der Waals surface area contributed by atoms with Gasteiger partial charge in [-0.3, -0.25) is 14.6 Å². The van der Waals surface area contributed by atoms with Crippen molar-refractivity contribution in [2.45, 2.75) is 32.1 Å². The fraction of sp³-hybridized carbons (Fsp3) is 0.389. The predicted molar refractivity (Wildman–Crippen MR) is 89.4 cm³/mol. The fourth-order valence-electron chi connectivity index (χ4n) is 2.55. The normalized spacial score (nSPS) is 13.8. The third-order valence-corrected chi connectivity index (χ3v) is 3.96. The van der Waals surface area contributed by atoms with E-state index in [-0.39, 0.29) is 18.4 Å². The summed E-state index contributed by atoms with van der Waals surface area (Å²) in [5.41, 5.74) is 2.41. The minimum Gasteiger partial charge on any atom is -0.355 e. The fourth-order valence-corrected chi connectivity index (χ4v) is 2.55. The van der Waals surface area contributed by atoms with Crippen LogP contribution >= 0.6 is 0 Å². The zero-order valence-electron chi connectivity index (χ0n) is 13.3. The van der Waals surface area contributed by atoms with E-state index in [1.165, 1.54) is 0 Å². The SMILES string of the molecule is CCCNC(=O)CNC(=O)c1cc(C2CC2)nc2ccccc12. The van der Waals surface area contributed by atoms with Gasteiger partial charge in [0.15, 0.2) is 0 Å². The highest BCUT2D eigenvalue weighted by Crippen LogP contribution is 2.40. The van der Waals surface area contributed by atoms with Gasteiger partial charge in [-0.25, -0.2) is 0 Å². The van der Waals surface area contributed by atoms with E-state index in [1.54, 1.807) is 0 Å². The Hall–Kier alpha value is -2.43. The Morgan fingerprint density at radius 1 is 1.22 bits per heavy atom. The monoisotopic (exact) mass is 311 g/mol. The molecule has 1 saturated carbocycles. The number of carbonyl (C=O) groups is 2. The number of fused-ring (bicyclic) bond motifs is 1. The molecule has 2 N–H and O–H groups in total. The average molecular weight is 311 g/mol. The van der Waals surface area contributed by atoms with Crippen molar-refractivity contribution in [3.63, 3.8) is 0 Å². The number of rotatable bonds is 6. The molecule has 0 bridgehead atoms. The van der Waals surface area contributed by atoms with Crippen molar-refractivity contribution >= 4 is 22.7 Å². The number of carbonyl (C=O) groups excluding carboxylic acids is 2. The Kier molecular flexibility index (Phi) is 4.55. The Morgan fingerprint density at radius 2 is 2.00 bits per heavy atom. The smallest absolute Gasteiger partial charge is 0.252 e. The summed E-state index contributed by atoms with van der Waals surface area (Å²) in [4.78, 5) is 28.8. The summed E-state index contributed by atoms with van der Waals surface area (Å²) in [6, 6.07) is 9.51. The van der Waals surface area contributed by atoms with Crippen LogP contribution in [0.4, 0.5) is 0 Å². The molecule has 23 heavy (non-hydrogen) atoms. The summed E-state index contributed by atoms with van der Waals surface area (Å²) in [6.07, 6.45) is 3.14. The van der Waals surface area contributed by atoms with Crippen molar-refractivity contribution in [2.24, 2.45) is 0 Å². The number of aromatic nitrogens is 1. The number of nitrogens with zero attached hydrogens (tertiary/aromatic N) is 1. The van der Waals surface area contributed by atoms with Crippen LogP contribution in [0.25, 0.3) is 10.9 Å². The first kappa shape index (κ1) is 15.5. The van der Waals surface area contributed by atoms with Gasteiger partial charge >= 0.3 is 0 Å². The third kappa shape index (κ3) is 3.67. The van der Waals surface area contributed by atoms with Gasteiger partial charge in [0.25, 0.3) is 5.91 Å². The summed E-state index contributed by atoms with van der Waals surface area (Å²) in [7, 11) is 0. The van der Waals surface area contributed by atoms with Crippen molar-refractivity contribution in [3.05, 3.63) is 41.6 Å². The quantitative estimate of drug-likeness (QED) is 0.860. The van der Waals surface area contributed by atoms with Gasteiger partial charge in [0.1, 0.15) is 0 Å². The molecule has 3 rings (SSSR count). The molecule has 1 aliphatic carbocycles. The lowest BCUT2D eigenvalue weighted by Gasteiger charge is -2.10. The standard InChI is InChI=1S/C18H21N3O2/c1-2-9-19-17(22)11-20-18(23)14-10-16(12-7-8-12)21-15-6-4-3-5-13(14)15/h3-6,10,12H,2,7-9,11H2,1H3,(H,19,22)(H,20,23). The van der Waals surface area contributed by atoms with E-state index in [0.717, 1.165) is 35.9 Å². The van der Waals surface area contributed by atoms with Crippen molar-refractivity contribution < 1.29 is 9.59 Å². The van der Waals surface area contributed by atoms with Gasteiger partial charge in [-0.15, -0.1) is 0 Å². The van der Waals surface area contributed by atoms with E-state index in [4.69, 9.17) is 0 Å². The molecule has 1 aliphatic rings. The minimum absolute atomic E-state index is 0.00571. The Balaban J connectivity index is 1.80. The number of hydrogen-bond donors (Lipinski definition) is 2. The summed E-state index contributed by atoms with van der Waals surface area (Å²) in [6.45, 7) is 2.61. The van der Waals surface area contributed by atoms with Gasteiger partial charge in [0, 0.05) is 23.5 Å². The highest BCUT2D eigenvalue weighted by atomic mass is 16.2. The highest BCUT2D eigenvalue weighted by Gasteiger charge is 2.26. The molecule has 5 nitrogen and oxygen atoms in total. The van der Waals surface area contributed by atoms with Crippen molar-refractivity contribution in [3.8, 4) is 0 Å². The van der Waals surface area contributed by atoms with Crippen LogP contribution in [0, 0.1) is 0 Å². The first-order chi connectivity index (χ1) is 11.2. The lowest BCUT2D eigenvalue weighted by atomic mass is 10.1. The second-order valence-corrected chi connectivity index (χ2v) is 5.92. The zero-order chi connectivity index (χ0) is 16.2. The summed E-state index contributed by atoms with van der Waals surface area (Å²) in [5.74, 6) is 0.0807. The van der Waals surface area contributed by atoms with Crippen LogP contribution in [-0.4, -0.2) is 29.9 Å². The Morgan fingerprint density at radius 3 is 2.74 bits per heavy atom. The lowest BCUT2D eigenvalue weighted by molar-refractivity contribution is -0.120. The maximum Gasteiger partial charge on any atom is 0.252 e. The maximum absolute atomic E-state index is 12.5. The van der Waals surface area contributed by atoms with E-state index in [9.17, 15) is 9.59 Å². The topological polar surface area (TPSA) is 71.1 Å². The number of nitrogens with one attached hydrogen (secondary N) is 2. The molecule has 120 valence electrons. The summed E-state index contributed by atoms with van der Waals surface area (Å²) < 4.78 is 0. The highest BCUT2D eigenvalue weighted by molar-refractivity contribution is 6.07. The first-order valence-corrected chi connectivity index (χ1v) is 8.13. The molecule has 2 amide bonds. The Bertz CT molecular complexity index is 738. The van der Waals surface area contributed by atoms with Gasteiger partial charge in [-0.2, -0.15) is 0 Å². The average Bonchev–Trinajstić information content (AvgIpc) is 3.41. The molecule has 2 aromatic rings. The van der Waals surface area contributed by atoms with Crippen molar-refractivity contribution in [1.82, 2.24) is 15.6 Å². The molecule has 1 aromatic heterocycles. The van der Waals surface area contributed by atoms with Gasteiger partial charge in [0.05, 0.1) is 17.6 Å². The second kappa shape index (κ2) is 6.77. The second-order valence-electron chi connectivity index (χ2n) is 5.92. The minimum atomic E-state index is -0.225. The van der Waals surface area contributed by atoms with E-state index >= 15 is 0 Å². The van der Waals surface area contributed by atoms with E-state index in [0.29, 0.717) is 18.0 Å². The molecule has 1 heterocycles. The van der Waals surface area contributed by atoms with Gasteiger partial charge in [0.2, 0.25) is 5.91 Å². The molecule has 0 aliphatic heterocycles. The Labute approximate surface area is 135 Å². The van der Waals surface area contributed by atoms with Crippen LogP contribution in [0.2, 0.25) is 0 Å². The molecular formula is C18H21N3O2. The molecule has 1 fully saturated rings. The largest absolute Gasteiger partial charge is 0.355 e. The van der Waals surface area contributed by atoms with Crippen LogP contribution in [0.1, 0.15) is 48.2 Å².